The minimum atomic E-state index is -3.43. The Kier molecular flexibility index (Phi) is 25.1. The molecule has 0 aromatic carbocycles. The van der Waals surface area contributed by atoms with Crippen LogP contribution in [0.1, 0.15) is 34.1 Å². The van der Waals surface area contributed by atoms with Gasteiger partial charge in [-0.05, 0) is 6.92 Å². The van der Waals surface area contributed by atoms with E-state index in [1.54, 1.807) is 0 Å². The van der Waals surface area contributed by atoms with E-state index in [9.17, 15) is 116 Å². The van der Waals surface area contributed by atoms with Crippen molar-refractivity contribution >= 4 is 23.7 Å². The third kappa shape index (κ3) is 15.6. The van der Waals surface area contributed by atoms with Crippen LogP contribution in [0, 0.1) is 0 Å². The van der Waals surface area contributed by atoms with Gasteiger partial charge in [-0.2, -0.15) is 0 Å². The predicted molar refractivity (Wildman–Crippen MR) is 252 cm³/mol. The first-order valence-corrected chi connectivity index (χ1v) is 25.5. The number of carboxylic acid groups (broad SMARTS) is 1. The number of carbonyl (C=O) groups excluding carboxylic acids is 3. The standard InChI is InChI=1S/C45H77N3O33/c1-12-25(61)30(66)32(68)41(72-12)79-39-31(67)28(64)20(9-52)74-43(39)78-36-24(48-15(4)57)40(73-21(10-53)29(36)65)77-35-22(11-54)75-42(76-34(26(62)18(59)7-50)16(6-49)46-13(2)55)33(69)38(35)81-45(44(70)71)5-17(58)23(47-14(3)56)37(80-45)27(63)19(60)8-51/h12,16-43,49-54,58-69H,5-11H2,1-4H3,(H,46,55)(H,47,56)(H,48,57)(H,70,71)/t12-,16-,17-,18+,19+,20+,21+,22+,23+,24+,25+,26-,27+,28-,29-,30+,31-,32-,33+,34+,35-,36+,37+,38+,39+,40+,41-,42-,43-,45-/m0/s1. The van der Waals surface area contributed by atoms with Crippen LogP contribution in [0.3, 0.4) is 0 Å². The largest absolute Gasteiger partial charge is 0.477 e. The lowest BCUT2D eigenvalue weighted by Gasteiger charge is -2.52. The van der Waals surface area contributed by atoms with E-state index in [0.717, 1.165) is 20.8 Å². The average Bonchev–Trinajstić information content (AvgIpc) is 3.53. The number of hydrogen-bond donors (Lipinski definition) is 22. The maximum absolute atomic E-state index is 13.6. The molecule has 470 valence electrons. The zero-order valence-electron chi connectivity index (χ0n) is 43.9. The summed E-state index contributed by atoms with van der Waals surface area (Å²) in [6, 6.07) is -5.55. The fourth-order valence-electron chi connectivity index (χ4n) is 9.94. The Balaban J connectivity index is 1.65. The molecule has 5 fully saturated rings. The highest BCUT2D eigenvalue weighted by atomic mass is 16.8. The number of aliphatic hydroxyl groups is 18. The van der Waals surface area contributed by atoms with Gasteiger partial charge < -0.3 is 160 Å². The van der Waals surface area contributed by atoms with Gasteiger partial charge >= 0.3 is 5.97 Å². The summed E-state index contributed by atoms with van der Waals surface area (Å²) in [5, 5.41) is 212. The maximum atomic E-state index is 13.6. The highest BCUT2D eigenvalue weighted by molar-refractivity contribution is 5.77. The fourth-order valence-corrected chi connectivity index (χ4v) is 9.94. The molecule has 0 saturated carbocycles. The maximum Gasteiger partial charge on any atom is 0.364 e. The molecule has 5 aliphatic rings. The lowest BCUT2D eigenvalue weighted by atomic mass is 9.88. The first kappa shape index (κ1) is 68.5. The van der Waals surface area contributed by atoms with Crippen LogP contribution >= 0.6 is 0 Å². The molecule has 0 bridgehead atoms. The molecule has 5 rings (SSSR count). The molecular formula is C45H77N3O33. The summed E-state index contributed by atoms with van der Waals surface area (Å²) < 4.78 is 59.0. The minimum absolute atomic E-state index is 0.875. The second-order valence-corrected chi connectivity index (χ2v) is 20.1. The summed E-state index contributed by atoms with van der Waals surface area (Å²) in [6.45, 7) is -2.93. The van der Waals surface area contributed by atoms with Crippen LogP contribution in [-0.2, 0) is 66.5 Å². The molecule has 0 aromatic heterocycles. The molecule has 5 aliphatic heterocycles. The van der Waals surface area contributed by atoms with Crippen molar-refractivity contribution in [1.82, 2.24) is 16.0 Å². The molecule has 81 heavy (non-hydrogen) atoms. The van der Waals surface area contributed by atoms with Gasteiger partial charge in [-0.15, -0.1) is 0 Å². The molecule has 0 aliphatic carbocycles. The SMILES string of the molecule is CC(=O)N[C@H]1[C@@H](O[C@@H]2[C@H](O[C@]3(C(=O)O)C[C@H](O)[C@@H](NC(C)=O)[C@H]([C@H](O)[C@H](O)CO)O3)[C@@H](O)[C@H](O[C@@H]([C@@H](O)[C@H](O)CO)[C@H](CO)NC(C)=O)O[C@@H]2CO)O[C@H](CO)[C@H](O)[C@@H]1O[C@@H]1O[C@H](CO)[C@H](O)[C@H](O)[C@H]1O[C@@H]1O[C@@H](C)[C@@H](O)[C@@H](O)[C@@H]1O. The van der Waals surface area contributed by atoms with Crippen molar-refractivity contribution in [3.8, 4) is 0 Å². The molecule has 0 aromatic rings. The van der Waals surface area contributed by atoms with Crippen LogP contribution in [0.15, 0.2) is 0 Å². The lowest BCUT2D eigenvalue weighted by Crippen LogP contribution is -2.72. The topological polar surface area (TPSA) is 581 Å². The van der Waals surface area contributed by atoms with Gasteiger partial charge in [0.15, 0.2) is 25.2 Å². The van der Waals surface area contributed by atoms with Gasteiger partial charge in [0.1, 0.15) is 128 Å². The highest BCUT2D eigenvalue weighted by Gasteiger charge is 2.62. The molecule has 5 heterocycles. The van der Waals surface area contributed by atoms with Crippen LogP contribution in [0.4, 0.5) is 0 Å². The van der Waals surface area contributed by atoms with Crippen molar-refractivity contribution in [2.75, 3.05) is 39.6 Å². The van der Waals surface area contributed by atoms with Crippen molar-refractivity contribution in [3.63, 3.8) is 0 Å². The zero-order chi connectivity index (χ0) is 60.7. The highest BCUT2D eigenvalue weighted by Crippen LogP contribution is 2.41. The number of aliphatic carboxylic acids is 1. The lowest BCUT2D eigenvalue weighted by molar-refractivity contribution is -0.400. The third-order valence-corrected chi connectivity index (χ3v) is 14.2. The summed E-state index contributed by atoms with van der Waals surface area (Å²) in [7, 11) is 0. The molecule has 30 atom stereocenters. The summed E-state index contributed by atoms with van der Waals surface area (Å²) in [4.78, 5) is 51.3. The van der Waals surface area contributed by atoms with E-state index in [0.29, 0.717) is 0 Å². The van der Waals surface area contributed by atoms with Crippen LogP contribution in [0.5, 0.6) is 0 Å². The van der Waals surface area contributed by atoms with E-state index >= 15 is 0 Å². The number of carboxylic acids is 1. The Morgan fingerprint density at radius 3 is 1.64 bits per heavy atom. The van der Waals surface area contributed by atoms with Gasteiger partial charge in [-0.25, -0.2) is 4.79 Å². The van der Waals surface area contributed by atoms with E-state index in [1.165, 1.54) is 6.92 Å². The molecular weight excluding hydrogens is 1110 g/mol. The Morgan fingerprint density at radius 1 is 0.556 bits per heavy atom. The monoisotopic (exact) mass is 1190 g/mol. The molecule has 3 amide bonds. The molecule has 5 saturated heterocycles. The zero-order valence-corrected chi connectivity index (χ0v) is 43.9. The summed E-state index contributed by atoms with van der Waals surface area (Å²) in [5.74, 6) is -8.40. The molecule has 36 nitrogen and oxygen atoms in total. The Labute approximate surface area is 459 Å². The smallest absolute Gasteiger partial charge is 0.364 e. The van der Waals surface area contributed by atoms with E-state index in [-0.39, 0.29) is 0 Å². The van der Waals surface area contributed by atoms with Gasteiger partial charge in [0.2, 0.25) is 17.7 Å². The van der Waals surface area contributed by atoms with Gasteiger partial charge in [0, 0.05) is 27.2 Å². The number of hydrogen-bond acceptors (Lipinski definition) is 32. The second-order valence-electron chi connectivity index (χ2n) is 20.1. The first-order chi connectivity index (χ1) is 38.0. The first-order valence-electron chi connectivity index (χ1n) is 25.5. The van der Waals surface area contributed by atoms with E-state index in [4.69, 9.17) is 47.4 Å². The second kappa shape index (κ2) is 29.7. The molecule has 22 N–H and O–H groups in total. The van der Waals surface area contributed by atoms with E-state index in [1.807, 2.05) is 0 Å². The Morgan fingerprint density at radius 2 is 1.10 bits per heavy atom. The molecule has 36 heteroatoms. The van der Waals surface area contributed by atoms with Crippen molar-refractivity contribution in [2.24, 2.45) is 0 Å². The summed E-state index contributed by atoms with van der Waals surface area (Å²) in [6.07, 6.45) is -56.1. The fraction of sp³-hybridized carbons (Fsp3) is 0.911. The number of amides is 3. The van der Waals surface area contributed by atoms with Gasteiger partial charge in [0.05, 0.1) is 63.9 Å². The quantitative estimate of drug-likeness (QED) is 0.0404. The van der Waals surface area contributed by atoms with Crippen molar-refractivity contribution < 1.29 is 164 Å². The van der Waals surface area contributed by atoms with Crippen LogP contribution < -0.4 is 16.0 Å². The molecule has 0 radical (unpaired) electrons. The van der Waals surface area contributed by atoms with Gasteiger partial charge in [0.25, 0.3) is 5.79 Å². The van der Waals surface area contributed by atoms with E-state index in [2.05, 4.69) is 16.0 Å². The Bertz CT molecular complexity index is 2020. The number of aliphatic hydroxyl groups excluding tert-OH is 18. The van der Waals surface area contributed by atoms with Crippen molar-refractivity contribution in [3.05, 3.63) is 0 Å². The van der Waals surface area contributed by atoms with E-state index < -0.39 is 253 Å². The summed E-state index contributed by atoms with van der Waals surface area (Å²) in [5.41, 5.74) is 0. The van der Waals surface area contributed by atoms with Gasteiger partial charge in [-0.3, -0.25) is 14.4 Å². The van der Waals surface area contributed by atoms with Crippen molar-refractivity contribution in [2.45, 2.75) is 217 Å². The number of nitrogens with one attached hydrogen (secondary N) is 3. The number of ether oxygens (including phenoxy) is 10. The Hall–Kier alpha value is -3.24. The van der Waals surface area contributed by atoms with Crippen LogP contribution in [0.2, 0.25) is 0 Å². The normalized spacial score (nSPS) is 42.6. The summed E-state index contributed by atoms with van der Waals surface area (Å²) >= 11 is 0. The predicted octanol–water partition coefficient (Wildman–Crippen LogP) is -13.8. The molecule has 0 unspecified atom stereocenters. The van der Waals surface area contributed by atoms with Crippen LogP contribution in [0.25, 0.3) is 0 Å². The average molecular weight is 1190 g/mol. The third-order valence-electron chi connectivity index (χ3n) is 14.2. The number of carbonyl (C=O) groups is 4. The van der Waals surface area contributed by atoms with Gasteiger partial charge in [-0.1, -0.05) is 0 Å². The number of rotatable bonds is 25. The van der Waals surface area contributed by atoms with Crippen LogP contribution in [-0.4, -0.2) is 344 Å². The minimum Gasteiger partial charge on any atom is -0.477 e. The van der Waals surface area contributed by atoms with Crippen molar-refractivity contribution in [1.29, 1.82) is 0 Å². The molecule has 0 spiro atoms.